The monoisotopic (exact) mass is 503 g/mol. The van der Waals surface area contributed by atoms with Crippen LogP contribution in [0.25, 0.3) is 0 Å². The van der Waals surface area contributed by atoms with Gasteiger partial charge in [-0.15, -0.1) is 11.8 Å². The van der Waals surface area contributed by atoms with Crippen molar-refractivity contribution in [2.75, 3.05) is 37.9 Å². The van der Waals surface area contributed by atoms with E-state index in [4.69, 9.17) is 4.74 Å². The molecule has 2 N–H and O–H groups in total. The zero-order chi connectivity index (χ0) is 25.3. The summed E-state index contributed by atoms with van der Waals surface area (Å²) in [5.74, 6) is -0.0139. The molecular formula is C28H29N3O4S. The number of carbonyl (C=O) groups is 3. The number of anilines is 1. The maximum atomic E-state index is 12.9. The van der Waals surface area contributed by atoms with Crippen LogP contribution >= 0.6 is 11.8 Å². The van der Waals surface area contributed by atoms with Gasteiger partial charge in [-0.05, 0) is 41.8 Å². The van der Waals surface area contributed by atoms with Crippen molar-refractivity contribution >= 4 is 35.2 Å². The number of rotatable bonds is 10. The predicted molar refractivity (Wildman–Crippen MR) is 142 cm³/mol. The maximum Gasteiger partial charge on any atom is 0.255 e. The molecule has 0 aromatic heterocycles. The molecule has 4 rings (SSSR count). The van der Waals surface area contributed by atoms with Crippen LogP contribution in [-0.2, 0) is 16.0 Å². The molecule has 1 saturated heterocycles. The second-order valence-electron chi connectivity index (χ2n) is 8.36. The summed E-state index contributed by atoms with van der Waals surface area (Å²) in [4.78, 5) is 39.9. The molecule has 3 aromatic carbocycles. The van der Waals surface area contributed by atoms with Gasteiger partial charge in [0, 0.05) is 25.8 Å². The van der Waals surface area contributed by atoms with Crippen LogP contribution in [0.15, 0.2) is 78.9 Å². The SMILES string of the molecule is COCCNC(=O)c1ccccc1NC(=O)c1ccc([C@H]2SCC(=O)N2CCc2ccccc2)cc1. The van der Waals surface area contributed by atoms with Gasteiger partial charge in [0.15, 0.2) is 0 Å². The molecule has 36 heavy (non-hydrogen) atoms. The van der Waals surface area contributed by atoms with E-state index in [1.165, 1.54) is 5.56 Å². The fourth-order valence-corrected chi connectivity index (χ4v) is 5.23. The fraction of sp³-hybridized carbons (Fsp3) is 0.250. The van der Waals surface area contributed by atoms with Crippen molar-refractivity contribution in [3.8, 4) is 0 Å². The average Bonchev–Trinajstić information content (AvgIpc) is 3.28. The lowest BCUT2D eigenvalue weighted by molar-refractivity contribution is -0.128. The largest absolute Gasteiger partial charge is 0.383 e. The van der Waals surface area contributed by atoms with Gasteiger partial charge in [0.25, 0.3) is 11.8 Å². The molecule has 0 aliphatic carbocycles. The standard InChI is InChI=1S/C28H29N3O4S/c1-35-18-16-29-27(34)23-9-5-6-10-24(23)30-26(33)21-11-13-22(14-12-21)28-31(25(32)19-36-28)17-15-20-7-3-2-4-8-20/h2-14,28H,15-19H2,1H3,(H,29,34)(H,30,33)/t28-/m1/s1. The van der Waals surface area contributed by atoms with Crippen molar-refractivity contribution in [1.29, 1.82) is 0 Å². The molecule has 1 atom stereocenters. The maximum absolute atomic E-state index is 12.9. The molecular weight excluding hydrogens is 474 g/mol. The average molecular weight is 504 g/mol. The van der Waals surface area contributed by atoms with E-state index < -0.39 is 0 Å². The first-order chi connectivity index (χ1) is 17.6. The van der Waals surface area contributed by atoms with Crippen molar-refractivity contribution in [3.05, 3.63) is 101 Å². The van der Waals surface area contributed by atoms with E-state index in [1.54, 1.807) is 55.3 Å². The molecule has 3 amide bonds. The van der Waals surface area contributed by atoms with Crippen molar-refractivity contribution in [3.63, 3.8) is 0 Å². The minimum absolute atomic E-state index is 0.0742. The number of amides is 3. The molecule has 0 radical (unpaired) electrons. The highest BCUT2D eigenvalue weighted by molar-refractivity contribution is 8.00. The van der Waals surface area contributed by atoms with Gasteiger partial charge in [-0.2, -0.15) is 0 Å². The molecule has 1 heterocycles. The van der Waals surface area contributed by atoms with E-state index in [1.807, 2.05) is 35.2 Å². The molecule has 1 fully saturated rings. The van der Waals surface area contributed by atoms with Gasteiger partial charge in [-0.1, -0.05) is 54.6 Å². The molecule has 1 aliphatic heterocycles. The topological polar surface area (TPSA) is 87.7 Å². The third kappa shape index (κ3) is 6.33. The minimum atomic E-state index is -0.310. The van der Waals surface area contributed by atoms with Gasteiger partial charge in [0.1, 0.15) is 5.37 Å². The Balaban J connectivity index is 1.41. The van der Waals surface area contributed by atoms with Crippen molar-refractivity contribution in [2.45, 2.75) is 11.8 Å². The summed E-state index contributed by atoms with van der Waals surface area (Å²) in [6.45, 7) is 1.43. The quantitative estimate of drug-likeness (QED) is 0.406. The van der Waals surface area contributed by atoms with Crippen molar-refractivity contribution in [2.24, 2.45) is 0 Å². The van der Waals surface area contributed by atoms with Gasteiger partial charge in [-0.3, -0.25) is 14.4 Å². The Morgan fingerprint density at radius 3 is 2.44 bits per heavy atom. The number of hydrogen-bond acceptors (Lipinski definition) is 5. The molecule has 3 aromatic rings. The number of nitrogens with one attached hydrogen (secondary N) is 2. The van der Waals surface area contributed by atoms with E-state index in [9.17, 15) is 14.4 Å². The molecule has 7 nitrogen and oxygen atoms in total. The van der Waals surface area contributed by atoms with E-state index in [2.05, 4.69) is 22.8 Å². The lowest BCUT2D eigenvalue weighted by Crippen LogP contribution is -2.30. The van der Waals surface area contributed by atoms with Gasteiger partial charge in [0.2, 0.25) is 5.91 Å². The Morgan fingerprint density at radius 1 is 0.972 bits per heavy atom. The number of methoxy groups -OCH3 is 1. The summed E-state index contributed by atoms with van der Waals surface area (Å²) in [6, 6.07) is 24.3. The molecule has 8 heteroatoms. The number of carbonyl (C=O) groups excluding carboxylic acids is 3. The van der Waals surface area contributed by atoms with E-state index in [0.29, 0.717) is 42.3 Å². The van der Waals surface area contributed by atoms with Crippen LogP contribution < -0.4 is 10.6 Å². The Hall–Kier alpha value is -3.62. The molecule has 0 spiro atoms. The lowest BCUT2D eigenvalue weighted by atomic mass is 10.1. The van der Waals surface area contributed by atoms with Crippen LogP contribution in [-0.4, -0.2) is 55.2 Å². The molecule has 0 bridgehead atoms. The lowest BCUT2D eigenvalue weighted by Gasteiger charge is -2.24. The highest BCUT2D eigenvalue weighted by atomic mass is 32.2. The highest BCUT2D eigenvalue weighted by Crippen LogP contribution is 2.38. The van der Waals surface area contributed by atoms with Crippen LogP contribution in [0.3, 0.4) is 0 Å². The zero-order valence-electron chi connectivity index (χ0n) is 20.1. The van der Waals surface area contributed by atoms with Crippen molar-refractivity contribution in [1.82, 2.24) is 10.2 Å². The number of nitrogens with zero attached hydrogens (tertiary/aromatic N) is 1. The summed E-state index contributed by atoms with van der Waals surface area (Å²) < 4.78 is 4.97. The fourth-order valence-electron chi connectivity index (χ4n) is 4.01. The molecule has 0 saturated carbocycles. The number of ether oxygens (including phenoxy) is 1. The Bertz CT molecular complexity index is 1200. The normalized spacial score (nSPS) is 15.1. The van der Waals surface area contributed by atoms with Gasteiger partial charge in [-0.25, -0.2) is 0 Å². The van der Waals surface area contributed by atoms with Crippen molar-refractivity contribution < 1.29 is 19.1 Å². The molecule has 0 unspecified atom stereocenters. The number of hydrogen-bond donors (Lipinski definition) is 2. The van der Waals surface area contributed by atoms with Crippen LogP contribution in [0.1, 0.15) is 37.2 Å². The summed E-state index contributed by atoms with van der Waals surface area (Å²) in [5.41, 5.74) is 3.46. The Kier molecular flexibility index (Phi) is 8.76. The summed E-state index contributed by atoms with van der Waals surface area (Å²) >= 11 is 1.60. The van der Waals surface area contributed by atoms with Crippen LogP contribution in [0.4, 0.5) is 5.69 Å². The number of para-hydroxylation sites is 1. The van der Waals surface area contributed by atoms with Crippen LogP contribution in [0.2, 0.25) is 0 Å². The third-order valence-electron chi connectivity index (χ3n) is 5.92. The number of benzene rings is 3. The van der Waals surface area contributed by atoms with Gasteiger partial charge < -0.3 is 20.3 Å². The summed E-state index contributed by atoms with van der Waals surface area (Å²) in [5, 5.41) is 5.54. The minimum Gasteiger partial charge on any atom is -0.383 e. The Labute approximate surface area is 215 Å². The predicted octanol–water partition coefficient (Wildman–Crippen LogP) is 4.13. The highest BCUT2D eigenvalue weighted by Gasteiger charge is 2.32. The molecule has 186 valence electrons. The first-order valence-electron chi connectivity index (χ1n) is 11.8. The molecule has 1 aliphatic rings. The van der Waals surface area contributed by atoms with Gasteiger partial charge in [0.05, 0.1) is 23.6 Å². The van der Waals surface area contributed by atoms with Crippen LogP contribution in [0.5, 0.6) is 0 Å². The summed E-state index contributed by atoms with van der Waals surface area (Å²) in [7, 11) is 1.57. The third-order valence-corrected chi connectivity index (χ3v) is 7.18. The second-order valence-corrected chi connectivity index (χ2v) is 9.43. The Morgan fingerprint density at radius 2 is 1.69 bits per heavy atom. The summed E-state index contributed by atoms with van der Waals surface area (Å²) in [6.07, 6.45) is 0.794. The second kappa shape index (κ2) is 12.4. The first-order valence-corrected chi connectivity index (χ1v) is 12.8. The van der Waals surface area contributed by atoms with E-state index in [-0.39, 0.29) is 23.1 Å². The first kappa shape index (κ1) is 25.5. The smallest absolute Gasteiger partial charge is 0.255 e. The van der Waals surface area contributed by atoms with E-state index in [0.717, 1.165) is 12.0 Å². The van der Waals surface area contributed by atoms with Crippen LogP contribution in [0, 0.1) is 0 Å². The number of thioether (sulfide) groups is 1. The zero-order valence-corrected chi connectivity index (χ0v) is 20.9. The van der Waals surface area contributed by atoms with E-state index >= 15 is 0 Å². The van der Waals surface area contributed by atoms with Gasteiger partial charge >= 0.3 is 0 Å².